The Bertz CT molecular complexity index is 677. The van der Waals surface area contributed by atoms with Gasteiger partial charge in [0.25, 0.3) is 0 Å². The van der Waals surface area contributed by atoms with Crippen LogP contribution in [0.1, 0.15) is 36.9 Å². The molecule has 1 aromatic carbocycles. The summed E-state index contributed by atoms with van der Waals surface area (Å²) in [6.07, 6.45) is 1.02. The second kappa shape index (κ2) is 6.43. The second-order valence-electron chi connectivity index (χ2n) is 6.05. The molecule has 0 bridgehead atoms. The van der Waals surface area contributed by atoms with Gasteiger partial charge in [0.15, 0.2) is 0 Å². The van der Waals surface area contributed by atoms with E-state index in [1.165, 1.54) is 12.1 Å². The average Bonchev–Trinajstić information content (AvgIpc) is 3.15. The summed E-state index contributed by atoms with van der Waals surface area (Å²) >= 11 is 0. The maximum Gasteiger partial charge on any atom is 0.573 e. The quantitative estimate of drug-likeness (QED) is 0.907. The van der Waals surface area contributed by atoms with E-state index in [0.29, 0.717) is 31.5 Å². The predicted octanol–water partition coefficient (Wildman–Crippen LogP) is 3.18. The molecule has 1 aromatic heterocycles. The van der Waals surface area contributed by atoms with E-state index in [1.54, 1.807) is 23.0 Å². The molecule has 1 saturated carbocycles. The summed E-state index contributed by atoms with van der Waals surface area (Å²) < 4.78 is 41.8. The third-order valence-electron chi connectivity index (χ3n) is 4.23. The van der Waals surface area contributed by atoms with Crippen molar-refractivity contribution in [2.75, 3.05) is 0 Å². The minimum atomic E-state index is -4.68. The van der Waals surface area contributed by atoms with Gasteiger partial charge < -0.3 is 9.84 Å². The molecule has 8 heteroatoms. The Morgan fingerprint density at radius 3 is 2.46 bits per heavy atom. The Labute approximate surface area is 137 Å². The zero-order chi connectivity index (χ0) is 17.2. The monoisotopic (exact) mass is 341 g/mol. The van der Waals surface area contributed by atoms with Crippen LogP contribution in [0.25, 0.3) is 0 Å². The van der Waals surface area contributed by atoms with Gasteiger partial charge in [0.05, 0.1) is 6.20 Å². The molecule has 0 saturated heterocycles. The van der Waals surface area contributed by atoms with Crippen molar-refractivity contribution >= 4 is 0 Å². The Kier molecular flexibility index (Phi) is 4.49. The number of hydrogen-bond acceptors (Lipinski definition) is 4. The van der Waals surface area contributed by atoms with Gasteiger partial charge in [-0.25, -0.2) is 0 Å². The van der Waals surface area contributed by atoms with Crippen LogP contribution in [0.5, 0.6) is 5.75 Å². The first-order chi connectivity index (χ1) is 11.3. The summed E-state index contributed by atoms with van der Waals surface area (Å²) in [5.74, 6) is -0.238. The Morgan fingerprint density at radius 1 is 1.17 bits per heavy atom. The van der Waals surface area contributed by atoms with Crippen molar-refractivity contribution < 1.29 is 23.0 Å². The van der Waals surface area contributed by atoms with Gasteiger partial charge >= 0.3 is 6.36 Å². The molecule has 3 rings (SSSR count). The molecule has 0 spiro atoms. The van der Waals surface area contributed by atoms with Gasteiger partial charge in [0.2, 0.25) is 0 Å². The number of aryl methyl sites for hydroxylation is 2. The number of ether oxygens (including phenoxy) is 1. The maximum atomic E-state index is 12.1. The molecule has 1 aliphatic rings. The number of halogens is 3. The lowest BCUT2D eigenvalue weighted by Gasteiger charge is -2.17. The fraction of sp³-hybridized carbons (Fsp3) is 0.500. The van der Waals surface area contributed by atoms with Crippen LogP contribution < -0.4 is 4.74 Å². The summed E-state index contributed by atoms with van der Waals surface area (Å²) in [5.41, 5.74) is 0.588. The Hall–Kier alpha value is -2.09. The highest BCUT2D eigenvalue weighted by Crippen LogP contribution is 2.37. The van der Waals surface area contributed by atoms with Crippen LogP contribution >= 0.6 is 0 Å². The first kappa shape index (κ1) is 16.8. The summed E-state index contributed by atoms with van der Waals surface area (Å²) in [5, 5.41) is 18.5. The number of aromatic nitrogens is 3. The number of benzene rings is 1. The van der Waals surface area contributed by atoms with Crippen molar-refractivity contribution in [2.45, 2.75) is 50.6 Å². The van der Waals surface area contributed by atoms with Crippen LogP contribution in [-0.4, -0.2) is 26.5 Å². The molecule has 5 nitrogen and oxygen atoms in total. The first-order valence-corrected chi connectivity index (χ1v) is 7.82. The van der Waals surface area contributed by atoms with Crippen LogP contribution in [0.15, 0.2) is 30.5 Å². The van der Waals surface area contributed by atoms with E-state index in [9.17, 15) is 18.3 Å². The van der Waals surface area contributed by atoms with Crippen molar-refractivity contribution in [3.05, 3.63) is 41.7 Å². The van der Waals surface area contributed by atoms with Gasteiger partial charge in [-0.05, 0) is 37.0 Å². The maximum absolute atomic E-state index is 12.1. The van der Waals surface area contributed by atoms with Crippen molar-refractivity contribution in [2.24, 2.45) is 0 Å². The lowest BCUT2D eigenvalue weighted by molar-refractivity contribution is -0.274. The zero-order valence-electron chi connectivity index (χ0n) is 13.0. The highest BCUT2D eigenvalue weighted by Gasteiger charge is 2.35. The molecule has 24 heavy (non-hydrogen) atoms. The van der Waals surface area contributed by atoms with E-state index >= 15 is 0 Å². The normalized spacial score (nSPS) is 17.2. The minimum absolute atomic E-state index is 0.238. The molecule has 0 unspecified atom stereocenters. The molecule has 2 aromatic rings. The van der Waals surface area contributed by atoms with Crippen molar-refractivity contribution in [3.63, 3.8) is 0 Å². The van der Waals surface area contributed by atoms with Gasteiger partial charge in [-0.3, -0.25) is 4.68 Å². The van der Waals surface area contributed by atoms with E-state index in [2.05, 4.69) is 15.0 Å². The third-order valence-corrected chi connectivity index (χ3v) is 4.23. The molecule has 0 atom stereocenters. The highest BCUT2D eigenvalue weighted by atomic mass is 19.4. The summed E-state index contributed by atoms with van der Waals surface area (Å²) in [4.78, 5) is 0. The van der Waals surface area contributed by atoms with Gasteiger partial charge in [0.1, 0.15) is 17.0 Å². The average molecular weight is 341 g/mol. The SMILES string of the molecule is OC1(c2cn(CCc3ccc(OC(F)(F)F)cc3)nn2)CCCC1. The molecular formula is C16H18F3N3O2. The first-order valence-electron chi connectivity index (χ1n) is 7.82. The minimum Gasteiger partial charge on any atom is -0.406 e. The summed E-state index contributed by atoms with van der Waals surface area (Å²) in [7, 11) is 0. The predicted molar refractivity (Wildman–Crippen MR) is 79.2 cm³/mol. The molecule has 1 N–H and O–H groups in total. The summed E-state index contributed by atoms with van der Waals surface area (Å²) in [6, 6.07) is 5.75. The van der Waals surface area contributed by atoms with Gasteiger partial charge in [-0.2, -0.15) is 0 Å². The van der Waals surface area contributed by atoms with Crippen LogP contribution in [-0.2, 0) is 18.6 Å². The molecular weight excluding hydrogens is 323 g/mol. The van der Waals surface area contributed by atoms with Gasteiger partial charge in [-0.1, -0.05) is 30.2 Å². The lowest BCUT2D eigenvalue weighted by Crippen LogP contribution is -2.21. The van der Waals surface area contributed by atoms with Crippen LogP contribution in [0, 0.1) is 0 Å². The number of nitrogens with zero attached hydrogens (tertiary/aromatic N) is 3. The Morgan fingerprint density at radius 2 is 1.83 bits per heavy atom. The smallest absolute Gasteiger partial charge is 0.406 e. The fourth-order valence-corrected chi connectivity index (χ4v) is 2.94. The van der Waals surface area contributed by atoms with E-state index in [4.69, 9.17) is 0 Å². The molecule has 0 aliphatic heterocycles. The number of hydrogen-bond donors (Lipinski definition) is 1. The topological polar surface area (TPSA) is 60.2 Å². The molecule has 1 fully saturated rings. The lowest BCUT2D eigenvalue weighted by atomic mass is 9.99. The molecule has 0 amide bonds. The number of aliphatic hydroxyl groups is 1. The summed E-state index contributed by atoms with van der Waals surface area (Å²) in [6.45, 7) is 0.530. The highest BCUT2D eigenvalue weighted by molar-refractivity contribution is 5.27. The number of alkyl halides is 3. The molecule has 0 radical (unpaired) electrons. The number of rotatable bonds is 5. The van der Waals surface area contributed by atoms with Crippen LogP contribution in [0.4, 0.5) is 13.2 Å². The van der Waals surface area contributed by atoms with E-state index in [0.717, 1.165) is 18.4 Å². The fourth-order valence-electron chi connectivity index (χ4n) is 2.94. The van der Waals surface area contributed by atoms with Crippen LogP contribution in [0.2, 0.25) is 0 Å². The van der Waals surface area contributed by atoms with Crippen molar-refractivity contribution in [1.29, 1.82) is 0 Å². The standard InChI is InChI=1S/C16H18F3N3O2/c17-16(18,19)24-13-5-3-12(4-6-13)7-10-22-11-14(20-21-22)15(23)8-1-2-9-15/h3-6,11,23H,1-2,7-10H2. The van der Waals surface area contributed by atoms with E-state index in [-0.39, 0.29) is 5.75 Å². The molecule has 1 heterocycles. The zero-order valence-corrected chi connectivity index (χ0v) is 13.0. The van der Waals surface area contributed by atoms with E-state index in [1.807, 2.05) is 0 Å². The van der Waals surface area contributed by atoms with E-state index < -0.39 is 12.0 Å². The molecule has 130 valence electrons. The van der Waals surface area contributed by atoms with Crippen molar-refractivity contribution in [1.82, 2.24) is 15.0 Å². The van der Waals surface area contributed by atoms with Crippen molar-refractivity contribution in [3.8, 4) is 5.75 Å². The molecule has 1 aliphatic carbocycles. The van der Waals surface area contributed by atoms with Gasteiger partial charge in [-0.15, -0.1) is 18.3 Å². The van der Waals surface area contributed by atoms with Gasteiger partial charge in [0, 0.05) is 6.54 Å². The third kappa shape index (κ3) is 4.05. The largest absolute Gasteiger partial charge is 0.573 e. The second-order valence-corrected chi connectivity index (χ2v) is 6.05. The Balaban J connectivity index is 1.57. The van der Waals surface area contributed by atoms with Crippen LogP contribution in [0.3, 0.4) is 0 Å².